The van der Waals surface area contributed by atoms with Gasteiger partial charge in [0.15, 0.2) is 5.82 Å². The van der Waals surface area contributed by atoms with Crippen LogP contribution in [0.3, 0.4) is 0 Å². The van der Waals surface area contributed by atoms with E-state index in [1.807, 2.05) is 0 Å². The van der Waals surface area contributed by atoms with Gasteiger partial charge in [0.1, 0.15) is 11.0 Å². The summed E-state index contributed by atoms with van der Waals surface area (Å²) in [5, 5.41) is 9.79. The molecule has 0 radical (unpaired) electrons. The zero-order valence-corrected chi connectivity index (χ0v) is 9.93. The number of unbranched alkanes of at least 4 members (excludes halogenated alkanes) is 1. The first-order valence-electron chi connectivity index (χ1n) is 5.63. The molecule has 2 heterocycles. The number of hydrogen-bond acceptors (Lipinski definition) is 6. The summed E-state index contributed by atoms with van der Waals surface area (Å²) in [4.78, 5) is 18.8. The third-order valence-electron chi connectivity index (χ3n) is 2.29. The highest BCUT2D eigenvalue weighted by atomic mass is 16.6. The van der Waals surface area contributed by atoms with E-state index in [1.54, 1.807) is 0 Å². The number of rotatable bonds is 5. The Morgan fingerprint density at radius 1 is 1.56 bits per heavy atom. The van der Waals surface area contributed by atoms with Gasteiger partial charge in [0, 0.05) is 6.54 Å². The third kappa shape index (κ3) is 2.65. The Balaban J connectivity index is 2.29. The van der Waals surface area contributed by atoms with Gasteiger partial charge in [-0.15, -0.1) is 0 Å². The standard InChI is InChI=1S/C10H14N6O2/c1-2-3-4-12-8-7-6(5-13-16-7)14-10(15-8)18-9(11)17/h5H,2-4H2,1H3,(H2,11,17)(H,13,16)(H,12,14,15). The van der Waals surface area contributed by atoms with Gasteiger partial charge in [-0.2, -0.15) is 15.1 Å². The summed E-state index contributed by atoms with van der Waals surface area (Å²) in [6.07, 6.45) is 2.65. The van der Waals surface area contributed by atoms with E-state index in [-0.39, 0.29) is 6.01 Å². The van der Waals surface area contributed by atoms with Crippen molar-refractivity contribution in [2.24, 2.45) is 5.73 Å². The Morgan fingerprint density at radius 2 is 2.39 bits per heavy atom. The molecule has 2 aromatic heterocycles. The number of aromatic nitrogens is 4. The zero-order chi connectivity index (χ0) is 13.0. The number of carbonyl (C=O) groups is 1. The zero-order valence-electron chi connectivity index (χ0n) is 9.93. The lowest BCUT2D eigenvalue weighted by Crippen LogP contribution is -2.18. The molecule has 0 aliphatic carbocycles. The van der Waals surface area contributed by atoms with Crippen LogP contribution < -0.4 is 15.8 Å². The molecule has 2 rings (SSSR count). The number of ether oxygens (including phenoxy) is 1. The van der Waals surface area contributed by atoms with Crippen LogP contribution in [0, 0.1) is 0 Å². The van der Waals surface area contributed by atoms with E-state index in [1.165, 1.54) is 6.20 Å². The van der Waals surface area contributed by atoms with Gasteiger partial charge >= 0.3 is 12.1 Å². The maximum Gasteiger partial charge on any atom is 0.412 e. The maximum atomic E-state index is 10.7. The lowest BCUT2D eigenvalue weighted by molar-refractivity contribution is 0.207. The SMILES string of the molecule is CCCCNc1nc(OC(N)=O)nc2cn[nH]c12. The van der Waals surface area contributed by atoms with E-state index in [2.05, 4.69) is 37.1 Å². The number of anilines is 1. The number of nitrogens with one attached hydrogen (secondary N) is 2. The monoisotopic (exact) mass is 250 g/mol. The van der Waals surface area contributed by atoms with E-state index in [4.69, 9.17) is 5.73 Å². The first-order valence-corrected chi connectivity index (χ1v) is 5.63. The number of primary amides is 1. The summed E-state index contributed by atoms with van der Waals surface area (Å²) >= 11 is 0. The van der Waals surface area contributed by atoms with Crippen LogP contribution in [0.15, 0.2) is 6.20 Å². The van der Waals surface area contributed by atoms with Crippen LogP contribution in [0.1, 0.15) is 19.8 Å². The average molecular weight is 250 g/mol. The average Bonchev–Trinajstić information content (AvgIpc) is 2.76. The first-order chi connectivity index (χ1) is 8.70. The summed E-state index contributed by atoms with van der Waals surface area (Å²) in [5.74, 6) is 0.544. The molecule has 8 nitrogen and oxygen atoms in total. The van der Waals surface area contributed by atoms with Gasteiger partial charge in [-0.1, -0.05) is 13.3 Å². The summed E-state index contributed by atoms with van der Waals surface area (Å²) in [6.45, 7) is 2.85. The molecular weight excluding hydrogens is 236 g/mol. The van der Waals surface area contributed by atoms with Gasteiger partial charge < -0.3 is 15.8 Å². The van der Waals surface area contributed by atoms with Gasteiger partial charge in [-0.05, 0) is 6.42 Å². The molecule has 0 aliphatic heterocycles. The Hall–Kier alpha value is -2.38. The largest absolute Gasteiger partial charge is 0.412 e. The fourth-order valence-corrected chi connectivity index (χ4v) is 1.47. The van der Waals surface area contributed by atoms with Crippen molar-refractivity contribution in [3.05, 3.63) is 6.20 Å². The van der Waals surface area contributed by atoms with E-state index >= 15 is 0 Å². The predicted octanol–water partition coefficient (Wildman–Crippen LogP) is 1.02. The molecule has 0 unspecified atom stereocenters. The highest BCUT2D eigenvalue weighted by molar-refractivity contribution is 5.85. The van der Waals surface area contributed by atoms with E-state index in [9.17, 15) is 4.79 Å². The molecule has 4 N–H and O–H groups in total. The molecule has 96 valence electrons. The number of H-pyrrole nitrogens is 1. The molecule has 0 aromatic carbocycles. The van der Waals surface area contributed by atoms with Crippen LogP contribution in [0.5, 0.6) is 6.01 Å². The highest BCUT2D eigenvalue weighted by Gasteiger charge is 2.11. The van der Waals surface area contributed by atoms with Crippen LogP contribution >= 0.6 is 0 Å². The topological polar surface area (TPSA) is 119 Å². The molecule has 8 heteroatoms. The second kappa shape index (κ2) is 5.30. The van der Waals surface area contributed by atoms with Gasteiger partial charge in [0.25, 0.3) is 0 Å². The van der Waals surface area contributed by atoms with Crippen molar-refractivity contribution >= 4 is 22.9 Å². The van der Waals surface area contributed by atoms with Gasteiger partial charge in [0.05, 0.1) is 6.20 Å². The number of nitrogens with zero attached hydrogens (tertiary/aromatic N) is 3. The smallest absolute Gasteiger partial charge is 0.374 e. The van der Waals surface area contributed by atoms with Crippen LogP contribution in [-0.2, 0) is 0 Å². The number of amides is 1. The Bertz CT molecular complexity index is 552. The Morgan fingerprint density at radius 3 is 3.11 bits per heavy atom. The predicted molar refractivity (Wildman–Crippen MR) is 65.3 cm³/mol. The first kappa shape index (κ1) is 12.1. The lowest BCUT2D eigenvalue weighted by Gasteiger charge is -2.06. The molecule has 2 aromatic rings. The van der Waals surface area contributed by atoms with Crippen molar-refractivity contribution in [3.8, 4) is 6.01 Å². The molecule has 0 saturated heterocycles. The van der Waals surface area contributed by atoms with Gasteiger partial charge in [0.2, 0.25) is 0 Å². The normalized spacial score (nSPS) is 10.5. The quantitative estimate of drug-likeness (QED) is 0.682. The number of aromatic amines is 1. The summed E-state index contributed by atoms with van der Waals surface area (Å²) < 4.78 is 4.67. The van der Waals surface area contributed by atoms with Crippen molar-refractivity contribution in [1.29, 1.82) is 0 Å². The second-order valence-corrected chi connectivity index (χ2v) is 3.69. The van der Waals surface area contributed by atoms with Crippen molar-refractivity contribution < 1.29 is 9.53 Å². The van der Waals surface area contributed by atoms with Gasteiger partial charge in [-0.3, -0.25) is 5.10 Å². The molecule has 0 aliphatic rings. The molecule has 18 heavy (non-hydrogen) atoms. The van der Waals surface area contributed by atoms with Gasteiger partial charge in [-0.25, -0.2) is 4.79 Å². The minimum atomic E-state index is -0.947. The second-order valence-electron chi connectivity index (χ2n) is 3.69. The Labute approximate surface area is 103 Å². The number of carbonyl (C=O) groups excluding carboxylic acids is 1. The van der Waals surface area contributed by atoms with E-state index in [0.717, 1.165) is 19.4 Å². The highest BCUT2D eigenvalue weighted by Crippen LogP contribution is 2.20. The van der Waals surface area contributed by atoms with Crippen molar-refractivity contribution in [1.82, 2.24) is 20.2 Å². The van der Waals surface area contributed by atoms with Crippen LogP contribution in [0.2, 0.25) is 0 Å². The minimum Gasteiger partial charge on any atom is -0.374 e. The fraction of sp³-hybridized carbons (Fsp3) is 0.400. The molecule has 0 spiro atoms. The van der Waals surface area contributed by atoms with Crippen LogP contribution in [0.4, 0.5) is 10.6 Å². The van der Waals surface area contributed by atoms with Crippen molar-refractivity contribution in [3.63, 3.8) is 0 Å². The van der Waals surface area contributed by atoms with Crippen molar-refractivity contribution in [2.75, 3.05) is 11.9 Å². The van der Waals surface area contributed by atoms with E-state index in [0.29, 0.717) is 16.9 Å². The Kier molecular flexibility index (Phi) is 3.56. The molecule has 0 saturated carbocycles. The van der Waals surface area contributed by atoms with Crippen LogP contribution in [0.25, 0.3) is 11.0 Å². The number of nitrogens with two attached hydrogens (primary N) is 1. The molecule has 0 fully saturated rings. The summed E-state index contributed by atoms with van der Waals surface area (Å²) in [6, 6.07) is -0.0876. The summed E-state index contributed by atoms with van der Waals surface area (Å²) in [5.41, 5.74) is 6.16. The lowest BCUT2D eigenvalue weighted by atomic mass is 10.3. The number of fused-ring (bicyclic) bond motifs is 1. The van der Waals surface area contributed by atoms with Crippen LogP contribution in [-0.4, -0.2) is 32.8 Å². The number of hydrogen-bond donors (Lipinski definition) is 3. The van der Waals surface area contributed by atoms with E-state index < -0.39 is 6.09 Å². The van der Waals surface area contributed by atoms with Crippen molar-refractivity contribution in [2.45, 2.75) is 19.8 Å². The molecule has 1 amide bonds. The third-order valence-corrected chi connectivity index (χ3v) is 2.29. The molecule has 0 bridgehead atoms. The maximum absolute atomic E-state index is 10.7. The fourth-order valence-electron chi connectivity index (χ4n) is 1.47. The minimum absolute atomic E-state index is 0.0876. The summed E-state index contributed by atoms with van der Waals surface area (Å²) in [7, 11) is 0. The molecule has 0 atom stereocenters. The molecular formula is C10H14N6O2.